The maximum Gasteiger partial charge on any atom is 0.411 e. The van der Waals surface area contributed by atoms with E-state index in [1.165, 1.54) is 0 Å². The van der Waals surface area contributed by atoms with Crippen molar-refractivity contribution in [2.75, 3.05) is 12.4 Å². The predicted molar refractivity (Wildman–Crippen MR) is 49.4 cm³/mol. The minimum Gasteiger partial charge on any atom is -0.478 e. The van der Waals surface area contributed by atoms with Crippen LogP contribution in [0.15, 0.2) is 18.2 Å². The molecule has 0 atom stereocenters. The molecule has 5 nitrogen and oxygen atoms in total. The number of hydrogen-bond donors (Lipinski definition) is 2. The number of ether oxygens (including phenoxy) is 1. The first-order valence-corrected chi connectivity index (χ1v) is 3.92. The molecular weight excluding hydrogens is 205 g/mol. The number of halogens is 1. The van der Waals surface area contributed by atoms with E-state index in [4.69, 9.17) is 5.11 Å². The van der Waals surface area contributed by atoms with E-state index in [0.29, 0.717) is 0 Å². The predicted octanol–water partition coefficient (Wildman–Crippen LogP) is 1.70. The third-order valence-electron chi connectivity index (χ3n) is 1.63. The zero-order chi connectivity index (χ0) is 11.4. The lowest BCUT2D eigenvalue weighted by molar-refractivity contribution is 0.0697. The fraction of sp³-hybridized carbons (Fsp3) is 0.111. The van der Waals surface area contributed by atoms with Gasteiger partial charge >= 0.3 is 12.1 Å². The number of aromatic carboxylic acids is 1. The number of amides is 1. The van der Waals surface area contributed by atoms with Crippen molar-refractivity contribution in [1.29, 1.82) is 0 Å². The van der Waals surface area contributed by atoms with Crippen LogP contribution in [0.1, 0.15) is 10.4 Å². The van der Waals surface area contributed by atoms with Crippen LogP contribution in [0, 0.1) is 5.82 Å². The molecule has 1 aromatic rings. The molecule has 0 aromatic heterocycles. The zero-order valence-electron chi connectivity index (χ0n) is 7.78. The van der Waals surface area contributed by atoms with E-state index in [0.717, 1.165) is 25.3 Å². The van der Waals surface area contributed by atoms with Gasteiger partial charge in [0.1, 0.15) is 5.82 Å². The number of hydrogen-bond acceptors (Lipinski definition) is 3. The maximum absolute atomic E-state index is 12.7. The summed E-state index contributed by atoms with van der Waals surface area (Å²) in [7, 11) is 1.14. The lowest BCUT2D eigenvalue weighted by atomic mass is 10.2. The maximum atomic E-state index is 12.7. The fourth-order valence-electron chi connectivity index (χ4n) is 0.963. The first-order valence-electron chi connectivity index (χ1n) is 3.92. The quantitative estimate of drug-likeness (QED) is 0.783. The number of carbonyl (C=O) groups is 2. The Hall–Kier alpha value is -2.11. The van der Waals surface area contributed by atoms with Crippen molar-refractivity contribution < 1.29 is 23.8 Å². The Labute approximate surface area is 84.5 Å². The summed E-state index contributed by atoms with van der Waals surface area (Å²) in [5, 5.41) is 10.9. The third kappa shape index (κ3) is 2.67. The molecule has 0 unspecified atom stereocenters. The van der Waals surface area contributed by atoms with Gasteiger partial charge in [0.05, 0.1) is 18.4 Å². The fourth-order valence-corrected chi connectivity index (χ4v) is 0.963. The van der Waals surface area contributed by atoms with Gasteiger partial charge in [-0.1, -0.05) is 0 Å². The lowest BCUT2D eigenvalue weighted by Crippen LogP contribution is -2.14. The van der Waals surface area contributed by atoms with Crippen LogP contribution in [0.2, 0.25) is 0 Å². The second kappa shape index (κ2) is 4.41. The van der Waals surface area contributed by atoms with Crippen LogP contribution < -0.4 is 5.32 Å². The number of carbonyl (C=O) groups excluding carboxylic acids is 1. The van der Waals surface area contributed by atoms with Crippen molar-refractivity contribution in [3.63, 3.8) is 0 Å². The number of rotatable bonds is 2. The Morgan fingerprint density at radius 2 is 2.13 bits per heavy atom. The molecule has 1 aromatic carbocycles. The molecule has 2 N–H and O–H groups in total. The summed E-state index contributed by atoms with van der Waals surface area (Å²) in [6, 6.07) is 3.00. The van der Waals surface area contributed by atoms with Gasteiger partial charge in [-0.2, -0.15) is 0 Å². The minimum atomic E-state index is -1.33. The summed E-state index contributed by atoms with van der Waals surface area (Å²) >= 11 is 0. The zero-order valence-corrected chi connectivity index (χ0v) is 7.78. The highest BCUT2D eigenvalue weighted by atomic mass is 19.1. The third-order valence-corrected chi connectivity index (χ3v) is 1.63. The van der Waals surface area contributed by atoms with Crippen molar-refractivity contribution in [3.8, 4) is 0 Å². The molecule has 0 bridgehead atoms. The van der Waals surface area contributed by atoms with E-state index in [2.05, 4.69) is 10.1 Å². The molecule has 1 amide bonds. The Morgan fingerprint density at radius 1 is 1.47 bits per heavy atom. The van der Waals surface area contributed by atoms with E-state index in [-0.39, 0.29) is 11.3 Å². The number of anilines is 1. The summed E-state index contributed by atoms with van der Waals surface area (Å²) in [6.45, 7) is 0. The van der Waals surface area contributed by atoms with Gasteiger partial charge in [-0.25, -0.2) is 14.0 Å². The second-order valence-corrected chi connectivity index (χ2v) is 2.61. The van der Waals surface area contributed by atoms with Crippen LogP contribution in [-0.2, 0) is 4.74 Å². The van der Waals surface area contributed by atoms with Gasteiger partial charge in [-0.3, -0.25) is 5.32 Å². The molecule has 0 aliphatic rings. The number of carboxylic acid groups (broad SMARTS) is 1. The van der Waals surface area contributed by atoms with Crippen molar-refractivity contribution >= 4 is 17.7 Å². The molecule has 0 fully saturated rings. The molecule has 80 valence electrons. The summed E-state index contributed by atoms with van der Waals surface area (Å²) in [6.07, 6.45) is -0.816. The molecule has 0 saturated heterocycles. The van der Waals surface area contributed by atoms with Crippen LogP contribution in [0.4, 0.5) is 14.9 Å². The minimum absolute atomic E-state index is 0.0178. The highest BCUT2D eigenvalue weighted by molar-refractivity contribution is 5.98. The Kier molecular flexibility index (Phi) is 3.22. The number of carboxylic acids is 1. The van der Waals surface area contributed by atoms with Gasteiger partial charge in [0, 0.05) is 0 Å². The van der Waals surface area contributed by atoms with E-state index < -0.39 is 17.9 Å². The van der Waals surface area contributed by atoms with Crippen molar-refractivity contribution in [1.82, 2.24) is 0 Å². The molecule has 0 aliphatic heterocycles. The Morgan fingerprint density at radius 3 is 2.67 bits per heavy atom. The molecule has 6 heteroatoms. The molecule has 0 aliphatic carbocycles. The monoisotopic (exact) mass is 213 g/mol. The van der Waals surface area contributed by atoms with Crippen molar-refractivity contribution in [2.24, 2.45) is 0 Å². The van der Waals surface area contributed by atoms with E-state index >= 15 is 0 Å². The molecular formula is C9H8FNO4. The normalized spacial score (nSPS) is 9.47. The number of methoxy groups -OCH3 is 1. The van der Waals surface area contributed by atoms with Crippen molar-refractivity contribution in [2.45, 2.75) is 0 Å². The van der Waals surface area contributed by atoms with Gasteiger partial charge in [-0.05, 0) is 18.2 Å². The van der Waals surface area contributed by atoms with Crippen LogP contribution in [0.5, 0.6) is 0 Å². The van der Waals surface area contributed by atoms with E-state index in [1.54, 1.807) is 0 Å². The van der Waals surface area contributed by atoms with Crippen LogP contribution >= 0.6 is 0 Å². The van der Waals surface area contributed by atoms with Crippen molar-refractivity contribution in [3.05, 3.63) is 29.6 Å². The summed E-state index contributed by atoms with van der Waals surface area (Å²) in [5.74, 6) is -2.02. The lowest BCUT2D eigenvalue weighted by Gasteiger charge is -2.06. The largest absolute Gasteiger partial charge is 0.478 e. The first-order chi connectivity index (χ1) is 7.04. The van der Waals surface area contributed by atoms with Crippen LogP contribution in [0.25, 0.3) is 0 Å². The summed E-state index contributed by atoms with van der Waals surface area (Å²) in [4.78, 5) is 21.5. The smallest absolute Gasteiger partial charge is 0.411 e. The van der Waals surface area contributed by atoms with Gasteiger partial charge in [-0.15, -0.1) is 0 Å². The van der Waals surface area contributed by atoms with Gasteiger partial charge in [0.15, 0.2) is 0 Å². The summed E-state index contributed by atoms with van der Waals surface area (Å²) < 4.78 is 17.0. The van der Waals surface area contributed by atoms with E-state index in [1.807, 2.05) is 0 Å². The molecule has 1 rings (SSSR count). The first kappa shape index (κ1) is 11.0. The topological polar surface area (TPSA) is 75.6 Å². The highest BCUT2D eigenvalue weighted by Crippen LogP contribution is 2.17. The average molecular weight is 213 g/mol. The average Bonchev–Trinajstić information content (AvgIpc) is 2.20. The SMILES string of the molecule is COC(=O)Nc1ccc(F)cc1C(=O)O. The molecule has 0 heterocycles. The highest BCUT2D eigenvalue weighted by Gasteiger charge is 2.13. The Balaban J connectivity index is 3.06. The van der Waals surface area contributed by atoms with Gasteiger partial charge in [0.25, 0.3) is 0 Å². The van der Waals surface area contributed by atoms with Gasteiger partial charge < -0.3 is 9.84 Å². The standard InChI is InChI=1S/C9H8FNO4/c1-15-9(14)11-7-3-2-5(10)4-6(7)8(12)13/h2-4H,1H3,(H,11,14)(H,12,13). The second-order valence-electron chi connectivity index (χ2n) is 2.61. The van der Waals surface area contributed by atoms with E-state index in [9.17, 15) is 14.0 Å². The van der Waals surface area contributed by atoms with Crippen LogP contribution in [0.3, 0.4) is 0 Å². The molecule has 0 spiro atoms. The van der Waals surface area contributed by atoms with Gasteiger partial charge in [0.2, 0.25) is 0 Å². The Bertz CT molecular complexity index is 405. The van der Waals surface area contributed by atoms with Crippen LogP contribution in [-0.4, -0.2) is 24.3 Å². The number of nitrogens with one attached hydrogen (secondary N) is 1. The molecule has 15 heavy (non-hydrogen) atoms. The summed E-state index contributed by atoms with van der Waals surface area (Å²) in [5.41, 5.74) is -0.351. The molecule has 0 saturated carbocycles. The number of benzene rings is 1. The molecule has 0 radical (unpaired) electrons.